The molecule has 146 valence electrons. The van der Waals surface area contributed by atoms with E-state index < -0.39 is 0 Å². The Morgan fingerprint density at radius 1 is 0.815 bits per heavy atom. The fourth-order valence-corrected chi connectivity index (χ4v) is 3.03. The van der Waals surface area contributed by atoms with Gasteiger partial charge >= 0.3 is 0 Å². The summed E-state index contributed by atoms with van der Waals surface area (Å²) in [5, 5.41) is 10.6. The van der Waals surface area contributed by atoms with Crippen molar-refractivity contribution >= 4 is 17.8 Å². The van der Waals surface area contributed by atoms with Gasteiger partial charge in [0.15, 0.2) is 12.4 Å². The molecule has 2 rings (SSSR count). The highest BCUT2D eigenvalue weighted by Crippen LogP contribution is 2.18. The van der Waals surface area contributed by atoms with Gasteiger partial charge in [0.1, 0.15) is 6.54 Å². The topological polar surface area (TPSA) is 30.2 Å². The Labute approximate surface area is 165 Å². The zero-order valence-corrected chi connectivity index (χ0v) is 16.9. The van der Waals surface area contributed by atoms with Gasteiger partial charge in [-0.1, -0.05) is 51.0 Å². The van der Waals surface area contributed by atoms with E-state index in [1.807, 2.05) is 12.4 Å². The predicted molar refractivity (Wildman–Crippen MR) is 114 cm³/mol. The molecule has 0 aliphatic rings. The van der Waals surface area contributed by atoms with Gasteiger partial charge in [-0.05, 0) is 42.5 Å². The molecular weight excluding hydrogens is 332 g/mol. The summed E-state index contributed by atoms with van der Waals surface area (Å²) >= 11 is 0. The molecule has 0 bridgehead atoms. The number of aryl methyl sites for hydroxylation is 1. The van der Waals surface area contributed by atoms with E-state index in [0.29, 0.717) is 6.42 Å². The van der Waals surface area contributed by atoms with Gasteiger partial charge in [0.05, 0.1) is 0 Å². The molecule has 1 aromatic heterocycles. The highest BCUT2D eigenvalue weighted by atomic mass is 16.3. The summed E-state index contributed by atoms with van der Waals surface area (Å²) in [6.07, 6.45) is 14.0. The number of aromatic nitrogens is 1. The van der Waals surface area contributed by atoms with E-state index in [4.69, 9.17) is 0 Å². The molecule has 0 aliphatic carbocycles. The molecule has 0 spiro atoms. The summed E-state index contributed by atoms with van der Waals surface area (Å²) in [5.74, 6) is 0. The van der Waals surface area contributed by atoms with Crippen LogP contribution in [-0.4, -0.2) is 19.7 Å². The lowest BCUT2D eigenvalue weighted by atomic mass is 10.1. The van der Waals surface area contributed by atoms with Crippen LogP contribution >= 0.6 is 0 Å². The van der Waals surface area contributed by atoms with Crippen molar-refractivity contribution in [2.75, 3.05) is 24.6 Å². The van der Waals surface area contributed by atoms with E-state index in [-0.39, 0.29) is 6.61 Å². The Kier molecular flexibility index (Phi) is 9.64. The smallest absolute Gasteiger partial charge is 0.169 e. The number of benzene rings is 1. The van der Waals surface area contributed by atoms with Gasteiger partial charge in [0.2, 0.25) is 0 Å². The molecule has 0 unspecified atom stereocenters. The fourth-order valence-electron chi connectivity index (χ4n) is 3.03. The second-order valence-electron chi connectivity index (χ2n) is 7.05. The lowest BCUT2D eigenvalue weighted by Gasteiger charge is -2.24. The molecule has 1 heterocycles. The van der Waals surface area contributed by atoms with Gasteiger partial charge in [-0.3, -0.25) is 0 Å². The van der Waals surface area contributed by atoms with Crippen LogP contribution in [0.1, 0.15) is 57.1 Å². The summed E-state index contributed by atoms with van der Waals surface area (Å²) in [5.41, 5.74) is 3.71. The minimum atomic E-state index is -0.0149. The summed E-state index contributed by atoms with van der Waals surface area (Å²) < 4.78 is 2.06. The Balaban J connectivity index is 1.97. The van der Waals surface area contributed by atoms with E-state index in [9.17, 15) is 5.11 Å². The van der Waals surface area contributed by atoms with Crippen molar-refractivity contribution in [3.8, 4) is 0 Å². The number of anilines is 1. The van der Waals surface area contributed by atoms with Gasteiger partial charge in [0, 0.05) is 30.9 Å². The Bertz CT molecular complexity index is 654. The molecule has 0 radical (unpaired) electrons. The van der Waals surface area contributed by atoms with Gasteiger partial charge in [-0.2, -0.15) is 0 Å². The van der Waals surface area contributed by atoms with Crippen molar-refractivity contribution in [2.24, 2.45) is 0 Å². The number of unbranched alkanes of at least 4 members (excludes halogenated alkanes) is 2. The zero-order valence-electron chi connectivity index (χ0n) is 16.9. The third-order valence-electron chi connectivity index (χ3n) is 4.77. The van der Waals surface area contributed by atoms with E-state index in [0.717, 1.165) is 19.6 Å². The molecule has 1 aromatic carbocycles. The average Bonchev–Trinajstić information content (AvgIpc) is 2.72. The largest absolute Gasteiger partial charge is 0.854 e. The Morgan fingerprint density at radius 2 is 1.37 bits per heavy atom. The van der Waals surface area contributed by atoms with Crippen molar-refractivity contribution in [1.82, 2.24) is 0 Å². The number of nitrogens with zero attached hydrogens (tertiary/aromatic N) is 2. The first-order chi connectivity index (χ1) is 13.3. The third kappa shape index (κ3) is 7.56. The van der Waals surface area contributed by atoms with Crippen LogP contribution in [0.2, 0.25) is 0 Å². The fraction of sp³-hybridized carbons (Fsp3) is 0.458. The molecule has 2 aromatic rings. The molecule has 0 saturated heterocycles. The SMILES string of the molecule is CCCCN(CCCC)c1ccc(/C=C/c2cc[n+](CCC[O-])cc2)cc1. The normalized spacial score (nSPS) is 11.2. The molecule has 27 heavy (non-hydrogen) atoms. The first kappa shape index (κ1) is 21.2. The number of rotatable bonds is 12. The summed E-state index contributed by atoms with van der Waals surface area (Å²) in [6.45, 7) is 7.56. The van der Waals surface area contributed by atoms with Crippen LogP contribution in [0.15, 0.2) is 48.8 Å². The first-order valence-corrected chi connectivity index (χ1v) is 10.4. The molecule has 0 N–H and O–H groups in total. The summed E-state index contributed by atoms with van der Waals surface area (Å²) in [6, 6.07) is 13.1. The minimum absolute atomic E-state index is 0.0149. The molecule has 0 saturated carbocycles. The van der Waals surface area contributed by atoms with E-state index in [1.165, 1.54) is 42.5 Å². The second-order valence-corrected chi connectivity index (χ2v) is 7.05. The van der Waals surface area contributed by atoms with Crippen LogP contribution in [0.4, 0.5) is 5.69 Å². The maximum Gasteiger partial charge on any atom is 0.169 e. The number of hydrogen-bond acceptors (Lipinski definition) is 2. The van der Waals surface area contributed by atoms with Gasteiger partial charge in [-0.15, -0.1) is 6.61 Å². The van der Waals surface area contributed by atoms with Crippen LogP contribution in [0.5, 0.6) is 0 Å². The molecular formula is C24H34N2O. The second kappa shape index (κ2) is 12.3. The highest BCUT2D eigenvalue weighted by Gasteiger charge is 2.05. The lowest BCUT2D eigenvalue weighted by molar-refractivity contribution is -0.699. The van der Waals surface area contributed by atoms with Gasteiger partial charge in [0.25, 0.3) is 0 Å². The van der Waals surface area contributed by atoms with Crippen LogP contribution in [-0.2, 0) is 6.54 Å². The molecule has 0 amide bonds. The minimum Gasteiger partial charge on any atom is -0.854 e. The Morgan fingerprint density at radius 3 is 1.89 bits per heavy atom. The highest BCUT2D eigenvalue weighted by molar-refractivity contribution is 5.70. The van der Waals surface area contributed by atoms with E-state index in [2.05, 4.69) is 71.9 Å². The van der Waals surface area contributed by atoms with Crippen molar-refractivity contribution in [1.29, 1.82) is 0 Å². The van der Waals surface area contributed by atoms with Gasteiger partial charge in [-0.25, -0.2) is 4.57 Å². The van der Waals surface area contributed by atoms with Crippen LogP contribution in [0.25, 0.3) is 12.2 Å². The van der Waals surface area contributed by atoms with Gasteiger partial charge < -0.3 is 10.0 Å². The maximum atomic E-state index is 10.6. The Hall–Kier alpha value is -2.13. The predicted octanol–water partition coefficient (Wildman–Crippen LogP) is 4.30. The quantitative estimate of drug-likeness (QED) is 0.524. The van der Waals surface area contributed by atoms with Crippen molar-refractivity contribution in [3.63, 3.8) is 0 Å². The van der Waals surface area contributed by atoms with Crippen molar-refractivity contribution in [3.05, 3.63) is 59.9 Å². The van der Waals surface area contributed by atoms with Crippen LogP contribution in [0.3, 0.4) is 0 Å². The lowest BCUT2D eigenvalue weighted by Crippen LogP contribution is -2.33. The first-order valence-electron chi connectivity index (χ1n) is 10.4. The number of hydrogen-bond donors (Lipinski definition) is 0. The average molecular weight is 367 g/mol. The number of pyridine rings is 1. The maximum absolute atomic E-state index is 10.6. The molecule has 0 aliphatic heterocycles. The van der Waals surface area contributed by atoms with Crippen LogP contribution < -0.4 is 14.6 Å². The third-order valence-corrected chi connectivity index (χ3v) is 4.77. The van der Waals surface area contributed by atoms with Crippen LogP contribution in [0, 0.1) is 0 Å². The summed E-state index contributed by atoms with van der Waals surface area (Å²) in [4.78, 5) is 2.51. The standard InChI is InChI=1S/C24H34N2O/c1-3-5-17-26(18-6-4-2)24-12-10-22(11-13-24)8-9-23-14-19-25(20-15-23)16-7-21-27/h8-15,19-20H,3-7,16-18,21H2,1-2H3. The molecule has 0 atom stereocenters. The molecule has 3 heteroatoms. The summed E-state index contributed by atoms with van der Waals surface area (Å²) in [7, 11) is 0. The zero-order chi connectivity index (χ0) is 19.3. The van der Waals surface area contributed by atoms with Crippen molar-refractivity contribution < 1.29 is 9.67 Å². The van der Waals surface area contributed by atoms with E-state index in [1.54, 1.807) is 0 Å². The van der Waals surface area contributed by atoms with Crippen molar-refractivity contribution in [2.45, 2.75) is 52.5 Å². The molecule has 0 fully saturated rings. The monoisotopic (exact) mass is 366 g/mol. The molecule has 3 nitrogen and oxygen atoms in total. The van der Waals surface area contributed by atoms with E-state index >= 15 is 0 Å².